The molecule has 0 unspecified atom stereocenters. The molecule has 174 valence electrons. The van der Waals surface area contributed by atoms with Crippen LogP contribution in [0.1, 0.15) is 15.9 Å². The molecule has 0 N–H and O–H groups in total. The van der Waals surface area contributed by atoms with Crippen LogP contribution < -0.4 is 4.74 Å². The minimum atomic E-state index is 0.0395. The molecule has 3 heterocycles. The van der Waals surface area contributed by atoms with Crippen LogP contribution in [0.25, 0.3) is 16.6 Å². The SMILES string of the molecule is COc1ccc(-n2cc(C(=O)N3CCN(Cc4ccc(Cl)c(Cl)c4)CC3)c3ccncc32)cc1. The second kappa shape index (κ2) is 9.66. The predicted molar refractivity (Wildman–Crippen MR) is 135 cm³/mol. The van der Waals surface area contributed by atoms with Gasteiger partial charge in [0.25, 0.3) is 5.91 Å². The maximum atomic E-state index is 13.5. The molecule has 2 aromatic heterocycles. The van der Waals surface area contributed by atoms with E-state index in [1.54, 1.807) is 19.5 Å². The number of piperazine rings is 1. The van der Waals surface area contributed by atoms with Gasteiger partial charge in [-0.2, -0.15) is 0 Å². The third-order valence-corrected chi connectivity index (χ3v) is 6.98. The highest BCUT2D eigenvalue weighted by Crippen LogP contribution is 2.27. The van der Waals surface area contributed by atoms with E-state index < -0.39 is 0 Å². The second-order valence-electron chi connectivity index (χ2n) is 8.32. The molecule has 0 radical (unpaired) electrons. The predicted octanol–water partition coefficient (Wildman–Crippen LogP) is 5.30. The first-order valence-corrected chi connectivity index (χ1v) is 11.8. The van der Waals surface area contributed by atoms with Crippen molar-refractivity contribution in [2.75, 3.05) is 33.3 Å². The summed E-state index contributed by atoms with van der Waals surface area (Å²) in [5.41, 5.74) is 3.65. The molecule has 0 bridgehead atoms. The molecule has 1 aliphatic heterocycles. The molecular formula is C26H24Cl2N4O2. The number of ether oxygens (including phenoxy) is 1. The molecule has 34 heavy (non-hydrogen) atoms. The van der Waals surface area contributed by atoms with Gasteiger partial charge in [-0.15, -0.1) is 0 Å². The number of carbonyl (C=O) groups is 1. The summed E-state index contributed by atoms with van der Waals surface area (Å²) >= 11 is 12.2. The molecule has 8 heteroatoms. The Balaban J connectivity index is 1.33. The summed E-state index contributed by atoms with van der Waals surface area (Å²) in [4.78, 5) is 22.1. The number of methoxy groups -OCH3 is 1. The average Bonchev–Trinajstić information content (AvgIpc) is 3.26. The normalized spacial score (nSPS) is 14.5. The fraction of sp³-hybridized carbons (Fsp3) is 0.231. The molecule has 1 saturated heterocycles. The fourth-order valence-electron chi connectivity index (χ4n) is 4.38. The Morgan fingerprint density at radius 2 is 1.76 bits per heavy atom. The lowest BCUT2D eigenvalue weighted by molar-refractivity contribution is 0.0630. The standard InChI is InChI=1S/C26H24Cl2N4O2/c1-34-20-5-3-19(4-6-20)32-17-22(21-8-9-29-15-25(21)32)26(33)31-12-10-30(11-13-31)16-18-2-7-23(27)24(28)14-18/h2-9,14-15,17H,10-13,16H2,1H3. The highest BCUT2D eigenvalue weighted by Gasteiger charge is 2.25. The quantitative estimate of drug-likeness (QED) is 0.377. The molecule has 0 saturated carbocycles. The van der Waals surface area contributed by atoms with E-state index >= 15 is 0 Å². The van der Waals surface area contributed by atoms with Crippen LogP contribution in [-0.4, -0.2) is 58.5 Å². The first-order valence-electron chi connectivity index (χ1n) is 11.1. The molecule has 2 aromatic carbocycles. The Morgan fingerprint density at radius 1 is 1.00 bits per heavy atom. The Bertz CT molecular complexity index is 1330. The highest BCUT2D eigenvalue weighted by molar-refractivity contribution is 6.42. The smallest absolute Gasteiger partial charge is 0.256 e. The summed E-state index contributed by atoms with van der Waals surface area (Å²) in [7, 11) is 1.64. The van der Waals surface area contributed by atoms with Crippen molar-refractivity contribution in [1.29, 1.82) is 0 Å². The van der Waals surface area contributed by atoms with Crippen molar-refractivity contribution in [2.45, 2.75) is 6.54 Å². The van der Waals surface area contributed by atoms with E-state index in [-0.39, 0.29) is 5.91 Å². The number of aromatic nitrogens is 2. The van der Waals surface area contributed by atoms with Crippen molar-refractivity contribution in [3.8, 4) is 11.4 Å². The number of rotatable bonds is 5. The van der Waals surface area contributed by atoms with Crippen molar-refractivity contribution in [2.24, 2.45) is 0 Å². The minimum Gasteiger partial charge on any atom is -0.497 e. The maximum Gasteiger partial charge on any atom is 0.256 e. The minimum absolute atomic E-state index is 0.0395. The third kappa shape index (κ3) is 4.49. The summed E-state index contributed by atoms with van der Waals surface area (Å²) in [6.45, 7) is 3.71. The van der Waals surface area contributed by atoms with Gasteiger partial charge in [-0.05, 0) is 48.0 Å². The van der Waals surface area contributed by atoms with E-state index in [0.29, 0.717) is 28.7 Å². The number of hydrogen-bond donors (Lipinski definition) is 0. The van der Waals surface area contributed by atoms with E-state index in [2.05, 4.69) is 9.88 Å². The summed E-state index contributed by atoms with van der Waals surface area (Å²) in [5, 5.41) is 2.02. The summed E-state index contributed by atoms with van der Waals surface area (Å²) in [5.74, 6) is 0.825. The zero-order valence-electron chi connectivity index (χ0n) is 18.7. The fourth-order valence-corrected chi connectivity index (χ4v) is 4.70. The van der Waals surface area contributed by atoms with Crippen LogP contribution in [0.5, 0.6) is 5.75 Å². The summed E-state index contributed by atoms with van der Waals surface area (Å²) in [6.07, 6.45) is 5.44. The number of fused-ring (bicyclic) bond motifs is 1. The maximum absolute atomic E-state index is 13.5. The first kappa shape index (κ1) is 22.7. The van der Waals surface area contributed by atoms with Crippen molar-refractivity contribution >= 4 is 40.0 Å². The molecular weight excluding hydrogens is 471 g/mol. The number of pyridine rings is 1. The van der Waals surface area contributed by atoms with Crippen LogP contribution in [0.2, 0.25) is 10.0 Å². The number of carbonyl (C=O) groups excluding carboxylic acids is 1. The number of halogens is 2. The molecule has 1 amide bonds. The number of nitrogens with zero attached hydrogens (tertiary/aromatic N) is 4. The summed E-state index contributed by atoms with van der Waals surface area (Å²) < 4.78 is 7.28. The summed E-state index contributed by atoms with van der Waals surface area (Å²) in [6, 6.07) is 15.4. The van der Waals surface area contributed by atoms with Gasteiger partial charge in [-0.3, -0.25) is 14.7 Å². The lowest BCUT2D eigenvalue weighted by Crippen LogP contribution is -2.48. The molecule has 0 spiro atoms. The van der Waals surface area contributed by atoms with Gasteiger partial charge in [0, 0.05) is 56.2 Å². The molecule has 1 fully saturated rings. The van der Waals surface area contributed by atoms with Crippen molar-refractivity contribution in [3.05, 3.63) is 88.3 Å². The van der Waals surface area contributed by atoms with Gasteiger partial charge in [0.1, 0.15) is 5.75 Å². The van der Waals surface area contributed by atoms with Crippen LogP contribution in [0.15, 0.2) is 67.1 Å². The Hall–Kier alpha value is -3.06. The molecule has 5 rings (SSSR count). The Kier molecular flexibility index (Phi) is 6.46. The number of hydrogen-bond acceptors (Lipinski definition) is 4. The lowest BCUT2D eigenvalue weighted by atomic mass is 10.1. The average molecular weight is 495 g/mol. The zero-order chi connectivity index (χ0) is 23.7. The van der Waals surface area contributed by atoms with Gasteiger partial charge < -0.3 is 14.2 Å². The van der Waals surface area contributed by atoms with E-state index in [1.165, 1.54) is 0 Å². The van der Waals surface area contributed by atoms with Crippen molar-refractivity contribution in [3.63, 3.8) is 0 Å². The Labute approximate surface area is 208 Å². The molecule has 4 aromatic rings. The van der Waals surface area contributed by atoms with Gasteiger partial charge in [-0.1, -0.05) is 29.3 Å². The van der Waals surface area contributed by atoms with Gasteiger partial charge >= 0.3 is 0 Å². The largest absolute Gasteiger partial charge is 0.497 e. The third-order valence-electron chi connectivity index (χ3n) is 6.24. The Morgan fingerprint density at radius 3 is 2.47 bits per heavy atom. The van der Waals surface area contributed by atoms with Crippen molar-refractivity contribution < 1.29 is 9.53 Å². The van der Waals surface area contributed by atoms with Gasteiger partial charge in [-0.25, -0.2) is 0 Å². The van der Waals surface area contributed by atoms with Crippen LogP contribution in [0.4, 0.5) is 0 Å². The first-order chi connectivity index (χ1) is 16.5. The van der Waals surface area contributed by atoms with Crippen LogP contribution in [0.3, 0.4) is 0 Å². The van der Waals surface area contributed by atoms with E-state index in [4.69, 9.17) is 27.9 Å². The second-order valence-corrected chi connectivity index (χ2v) is 9.13. The highest BCUT2D eigenvalue weighted by atomic mass is 35.5. The van der Waals surface area contributed by atoms with Gasteiger partial charge in [0.2, 0.25) is 0 Å². The topological polar surface area (TPSA) is 50.6 Å². The monoisotopic (exact) mass is 494 g/mol. The van der Waals surface area contributed by atoms with E-state index in [0.717, 1.165) is 47.5 Å². The molecule has 6 nitrogen and oxygen atoms in total. The van der Waals surface area contributed by atoms with Crippen molar-refractivity contribution in [1.82, 2.24) is 19.4 Å². The van der Waals surface area contributed by atoms with E-state index in [9.17, 15) is 4.79 Å². The van der Waals surface area contributed by atoms with Gasteiger partial charge in [0.15, 0.2) is 0 Å². The molecule has 1 aliphatic rings. The number of benzene rings is 2. The zero-order valence-corrected chi connectivity index (χ0v) is 20.3. The molecule has 0 aliphatic carbocycles. The lowest BCUT2D eigenvalue weighted by Gasteiger charge is -2.34. The van der Waals surface area contributed by atoms with Gasteiger partial charge in [0.05, 0.1) is 34.4 Å². The van der Waals surface area contributed by atoms with Crippen LogP contribution in [0, 0.1) is 0 Å². The van der Waals surface area contributed by atoms with Crippen LogP contribution in [-0.2, 0) is 6.54 Å². The van der Waals surface area contributed by atoms with E-state index in [1.807, 2.05) is 64.2 Å². The molecule has 0 atom stereocenters. The van der Waals surface area contributed by atoms with Crippen LogP contribution >= 0.6 is 23.2 Å². The number of amides is 1.